The van der Waals surface area contributed by atoms with Crippen LogP contribution >= 0.6 is 0 Å². The lowest BCUT2D eigenvalue weighted by Gasteiger charge is -2.38. The Morgan fingerprint density at radius 3 is 2.29 bits per heavy atom. The molecular formula is C19H31N3O2. The summed E-state index contributed by atoms with van der Waals surface area (Å²) >= 11 is 0. The topological polar surface area (TPSA) is 67.6 Å². The van der Waals surface area contributed by atoms with Gasteiger partial charge in [0.1, 0.15) is 5.60 Å². The Labute approximate surface area is 145 Å². The first-order valence-corrected chi connectivity index (χ1v) is 8.69. The van der Waals surface area contributed by atoms with Gasteiger partial charge in [-0.25, -0.2) is 4.79 Å². The van der Waals surface area contributed by atoms with Crippen LogP contribution in [0.2, 0.25) is 0 Å². The Kier molecular flexibility index (Phi) is 5.43. The lowest BCUT2D eigenvalue weighted by molar-refractivity contribution is 0.0191. The SMILES string of the molecule is CC(C)(C)OC(=O)N1CCC(NC(C)(C)c2ccccc2N)CC1. The van der Waals surface area contributed by atoms with Gasteiger partial charge < -0.3 is 20.7 Å². The molecular weight excluding hydrogens is 302 g/mol. The molecule has 5 heteroatoms. The van der Waals surface area contributed by atoms with Gasteiger partial charge in [-0.2, -0.15) is 0 Å². The number of likely N-dealkylation sites (tertiary alicyclic amines) is 1. The predicted octanol–water partition coefficient (Wildman–Crippen LogP) is 3.49. The van der Waals surface area contributed by atoms with E-state index in [1.807, 2.05) is 39.0 Å². The van der Waals surface area contributed by atoms with E-state index >= 15 is 0 Å². The molecule has 1 fully saturated rings. The number of rotatable bonds is 3. The van der Waals surface area contributed by atoms with E-state index < -0.39 is 5.60 Å². The third-order valence-corrected chi connectivity index (χ3v) is 4.35. The third-order valence-electron chi connectivity index (χ3n) is 4.35. The minimum atomic E-state index is -0.445. The molecule has 0 saturated carbocycles. The van der Waals surface area contributed by atoms with Crippen molar-refractivity contribution >= 4 is 11.8 Å². The summed E-state index contributed by atoms with van der Waals surface area (Å²) in [6, 6.07) is 8.33. The van der Waals surface area contributed by atoms with Gasteiger partial charge in [-0.05, 0) is 59.1 Å². The summed E-state index contributed by atoms with van der Waals surface area (Å²) in [5, 5.41) is 3.70. The summed E-state index contributed by atoms with van der Waals surface area (Å²) < 4.78 is 5.45. The van der Waals surface area contributed by atoms with Gasteiger partial charge in [0.05, 0.1) is 0 Å². The first-order valence-electron chi connectivity index (χ1n) is 8.69. The number of nitrogen functional groups attached to an aromatic ring is 1. The normalized spacial score (nSPS) is 17.0. The van der Waals surface area contributed by atoms with Crippen molar-refractivity contribution in [1.82, 2.24) is 10.2 Å². The van der Waals surface area contributed by atoms with Crippen LogP contribution in [0.25, 0.3) is 0 Å². The number of nitrogens with zero attached hydrogens (tertiary/aromatic N) is 1. The minimum Gasteiger partial charge on any atom is -0.444 e. The summed E-state index contributed by atoms with van der Waals surface area (Å²) in [5.74, 6) is 0. The third kappa shape index (κ3) is 4.87. The minimum absolute atomic E-state index is 0.204. The summed E-state index contributed by atoms with van der Waals surface area (Å²) in [6.07, 6.45) is 1.61. The Morgan fingerprint density at radius 2 is 1.75 bits per heavy atom. The van der Waals surface area contributed by atoms with Crippen molar-refractivity contribution in [3.05, 3.63) is 29.8 Å². The van der Waals surface area contributed by atoms with Crippen LogP contribution in [0.4, 0.5) is 10.5 Å². The predicted molar refractivity (Wildman–Crippen MR) is 97.8 cm³/mol. The highest BCUT2D eigenvalue weighted by Crippen LogP contribution is 2.27. The Bertz CT molecular complexity index is 570. The van der Waals surface area contributed by atoms with Crippen molar-refractivity contribution in [3.63, 3.8) is 0 Å². The number of carbonyl (C=O) groups excluding carboxylic acids is 1. The van der Waals surface area contributed by atoms with Crippen LogP contribution in [0.3, 0.4) is 0 Å². The number of benzene rings is 1. The molecule has 0 aromatic heterocycles. The van der Waals surface area contributed by atoms with Gasteiger partial charge in [-0.15, -0.1) is 0 Å². The molecule has 1 amide bonds. The molecule has 0 unspecified atom stereocenters. The fraction of sp³-hybridized carbons (Fsp3) is 0.632. The molecule has 0 atom stereocenters. The van der Waals surface area contributed by atoms with Crippen molar-refractivity contribution < 1.29 is 9.53 Å². The van der Waals surface area contributed by atoms with E-state index in [9.17, 15) is 4.79 Å². The van der Waals surface area contributed by atoms with Crippen molar-refractivity contribution in [2.24, 2.45) is 0 Å². The number of anilines is 1. The van der Waals surface area contributed by atoms with Crippen molar-refractivity contribution in [3.8, 4) is 0 Å². The standard InChI is InChI=1S/C19H31N3O2/c1-18(2,3)24-17(23)22-12-10-14(11-13-22)21-19(4,5)15-8-6-7-9-16(15)20/h6-9,14,21H,10-13,20H2,1-5H3. The molecule has 0 spiro atoms. The van der Waals surface area contributed by atoms with Crippen LogP contribution in [0.1, 0.15) is 53.0 Å². The van der Waals surface area contributed by atoms with Gasteiger partial charge >= 0.3 is 6.09 Å². The first kappa shape index (κ1) is 18.6. The number of hydrogen-bond acceptors (Lipinski definition) is 4. The van der Waals surface area contributed by atoms with Crippen LogP contribution in [-0.4, -0.2) is 35.7 Å². The second-order valence-corrected chi connectivity index (χ2v) is 8.10. The van der Waals surface area contributed by atoms with Crippen LogP contribution < -0.4 is 11.1 Å². The van der Waals surface area contributed by atoms with E-state index in [2.05, 4.69) is 25.2 Å². The van der Waals surface area contributed by atoms with E-state index in [-0.39, 0.29) is 11.6 Å². The Balaban J connectivity index is 1.91. The Hall–Kier alpha value is -1.75. The number of piperidine rings is 1. The van der Waals surface area contributed by atoms with E-state index in [0.717, 1.165) is 24.1 Å². The summed E-state index contributed by atoms with van der Waals surface area (Å²) in [6.45, 7) is 11.4. The second kappa shape index (κ2) is 7.01. The fourth-order valence-electron chi connectivity index (χ4n) is 3.19. The average molecular weight is 333 g/mol. The maximum absolute atomic E-state index is 12.1. The molecule has 1 aliphatic rings. The monoisotopic (exact) mass is 333 g/mol. The lowest BCUT2D eigenvalue weighted by Crippen LogP contribution is -2.51. The van der Waals surface area contributed by atoms with Gasteiger partial charge in [-0.1, -0.05) is 18.2 Å². The number of nitrogens with one attached hydrogen (secondary N) is 1. The number of nitrogens with two attached hydrogens (primary N) is 1. The van der Waals surface area contributed by atoms with Crippen molar-refractivity contribution in [2.45, 2.75) is 64.6 Å². The Morgan fingerprint density at radius 1 is 1.17 bits per heavy atom. The maximum Gasteiger partial charge on any atom is 0.410 e. The van der Waals surface area contributed by atoms with E-state index in [4.69, 9.17) is 10.5 Å². The largest absolute Gasteiger partial charge is 0.444 e. The molecule has 1 aromatic rings. The molecule has 5 nitrogen and oxygen atoms in total. The van der Waals surface area contributed by atoms with Gasteiger partial charge in [0, 0.05) is 30.4 Å². The van der Waals surface area contributed by atoms with E-state index in [1.165, 1.54) is 0 Å². The molecule has 2 rings (SSSR count). The van der Waals surface area contributed by atoms with Gasteiger partial charge in [-0.3, -0.25) is 0 Å². The van der Waals surface area contributed by atoms with E-state index in [1.54, 1.807) is 4.90 Å². The molecule has 1 heterocycles. The average Bonchev–Trinajstić information content (AvgIpc) is 2.46. The highest BCUT2D eigenvalue weighted by molar-refractivity contribution is 5.68. The quantitative estimate of drug-likeness (QED) is 0.831. The number of carbonyl (C=O) groups is 1. The fourth-order valence-corrected chi connectivity index (χ4v) is 3.19. The van der Waals surface area contributed by atoms with Gasteiger partial charge in [0.25, 0.3) is 0 Å². The molecule has 1 aromatic carbocycles. The van der Waals surface area contributed by atoms with Crippen LogP contribution in [0, 0.1) is 0 Å². The number of ether oxygens (including phenoxy) is 1. The summed E-state index contributed by atoms with van der Waals surface area (Å²) in [7, 11) is 0. The maximum atomic E-state index is 12.1. The zero-order chi connectivity index (χ0) is 18.0. The van der Waals surface area contributed by atoms with Crippen LogP contribution in [0.15, 0.2) is 24.3 Å². The molecule has 0 aliphatic carbocycles. The van der Waals surface area contributed by atoms with Crippen molar-refractivity contribution in [2.75, 3.05) is 18.8 Å². The lowest BCUT2D eigenvalue weighted by atomic mass is 9.90. The van der Waals surface area contributed by atoms with E-state index in [0.29, 0.717) is 19.1 Å². The van der Waals surface area contributed by atoms with Crippen LogP contribution in [0.5, 0.6) is 0 Å². The zero-order valence-corrected chi connectivity index (χ0v) is 15.6. The molecule has 134 valence electrons. The molecule has 1 saturated heterocycles. The van der Waals surface area contributed by atoms with Crippen LogP contribution in [-0.2, 0) is 10.3 Å². The zero-order valence-electron chi connectivity index (χ0n) is 15.6. The highest BCUT2D eigenvalue weighted by atomic mass is 16.6. The summed E-state index contributed by atoms with van der Waals surface area (Å²) in [4.78, 5) is 13.9. The number of para-hydroxylation sites is 1. The number of hydrogen-bond donors (Lipinski definition) is 2. The molecule has 3 N–H and O–H groups in total. The molecule has 1 aliphatic heterocycles. The smallest absolute Gasteiger partial charge is 0.410 e. The van der Waals surface area contributed by atoms with Gasteiger partial charge in [0.15, 0.2) is 0 Å². The van der Waals surface area contributed by atoms with Crippen molar-refractivity contribution in [1.29, 1.82) is 0 Å². The van der Waals surface area contributed by atoms with Gasteiger partial charge in [0.2, 0.25) is 0 Å². The number of amides is 1. The molecule has 0 bridgehead atoms. The highest BCUT2D eigenvalue weighted by Gasteiger charge is 2.31. The summed E-state index contributed by atoms with van der Waals surface area (Å²) in [5.41, 5.74) is 7.39. The molecule has 24 heavy (non-hydrogen) atoms. The molecule has 0 radical (unpaired) electrons. The first-order chi connectivity index (χ1) is 11.1. The second-order valence-electron chi connectivity index (χ2n) is 8.10.